The Hall–Kier alpha value is -2.06. The SMILES string of the molecule is C#CCN(CC#C)c1ccccc1O. The van der Waals surface area contributed by atoms with Gasteiger partial charge in [0, 0.05) is 0 Å². The molecule has 70 valence electrons. The third-order valence-corrected chi connectivity index (χ3v) is 1.79. The highest BCUT2D eigenvalue weighted by molar-refractivity contribution is 5.58. The first-order chi connectivity index (χ1) is 6.79. The zero-order valence-electron chi connectivity index (χ0n) is 7.77. The van der Waals surface area contributed by atoms with Crippen LogP contribution in [0.25, 0.3) is 0 Å². The van der Waals surface area contributed by atoms with Gasteiger partial charge in [-0.15, -0.1) is 12.8 Å². The molecule has 0 heterocycles. The summed E-state index contributed by atoms with van der Waals surface area (Å²) >= 11 is 0. The molecule has 1 rings (SSSR count). The number of aromatic hydroxyl groups is 1. The van der Waals surface area contributed by atoms with Gasteiger partial charge < -0.3 is 10.0 Å². The fraction of sp³-hybridized carbons (Fsp3) is 0.167. The fourth-order valence-corrected chi connectivity index (χ4v) is 1.18. The lowest BCUT2D eigenvalue weighted by molar-refractivity contribution is 0.475. The predicted octanol–water partition coefficient (Wildman–Crippen LogP) is 1.47. The van der Waals surface area contributed by atoms with Gasteiger partial charge in [-0.1, -0.05) is 24.0 Å². The number of phenols is 1. The third kappa shape index (κ3) is 2.21. The van der Waals surface area contributed by atoms with Gasteiger partial charge in [0.15, 0.2) is 0 Å². The van der Waals surface area contributed by atoms with Crippen molar-refractivity contribution >= 4 is 5.69 Å². The van der Waals surface area contributed by atoms with Crippen molar-refractivity contribution in [3.8, 4) is 30.4 Å². The summed E-state index contributed by atoms with van der Waals surface area (Å²) in [6.45, 7) is 0.781. The van der Waals surface area contributed by atoms with Crippen molar-refractivity contribution in [2.45, 2.75) is 0 Å². The highest BCUT2D eigenvalue weighted by Gasteiger charge is 2.07. The Kier molecular flexibility index (Phi) is 3.47. The number of rotatable bonds is 3. The van der Waals surface area contributed by atoms with Crippen molar-refractivity contribution in [1.82, 2.24) is 0 Å². The minimum absolute atomic E-state index is 0.193. The van der Waals surface area contributed by atoms with Gasteiger partial charge in [0.1, 0.15) is 5.75 Å². The van der Waals surface area contributed by atoms with Crippen molar-refractivity contribution in [3.63, 3.8) is 0 Å². The second-order valence-electron chi connectivity index (χ2n) is 2.75. The highest BCUT2D eigenvalue weighted by Crippen LogP contribution is 2.25. The first kappa shape index (κ1) is 10.0. The quantitative estimate of drug-likeness (QED) is 0.721. The topological polar surface area (TPSA) is 23.5 Å². The molecule has 0 radical (unpaired) electrons. The van der Waals surface area contributed by atoms with Gasteiger partial charge in [0.2, 0.25) is 0 Å². The molecule has 0 unspecified atom stereocenters. The molecule has 1 aromatic carbocycles. The Labute approximate surface area is 84.2 Å². The van der Waals surface area contributed by atoms with Gasteiger partial charge in [-0.3, -0.25) is 0 Å². The average Bonchev–Trinajstić information content (AvgIpc) is 2.18. The Morgan fingerprint density at radius 1 is 1.14 bits per heavy atom. The van der Waals surface area contributed by atoms with Crippen LogP contribution in [0.4, 0.5) is 5.69 Å². The molecule has 2 nitrogen and oxygen atoms in total. The number of benzene rings is 1. The van der Waals surface area contributed by atoms with Gasteiger partial charge in [0.05, 0.1) is 18.8 Å². The Morgan fingerprint density at radius 3 is 2.21 bits per heavy atom. The van der Waals surface area contributed by atoms with Crippen LogP contribution in [0.2, 0.25) is 0 Å². The van der Waals surface area contributed by atoms with Gasteiger partial charge in [0.25, 0.3) is 0 Å². The molecule has 0 spiro atoms. The van der Waals surface area contributed by atoms with Crippen molar-refractivity contribution in [2.24, 2.45) is 0 Å². The van der Waals surface area contributed by atoms with E-state index < -0.39 is 0 Å². The van der Waals surface area contributed by atoms with Crippen LogP contribution < -0.4 is 4.90 Å². The van der Waals surface area contributed by atoms with E-state index in [1.807, 2.05) is 6.07 Å². The van der Waals surface area contributed by atoms with Crippen LogP contribution in [0.1, 0.15) is 0 Å². The molecular formula is C12H11NO. The van der Waals surface area contributed by atoms with Gasteiger partial charge in [-0.05, 0) is 12.1 Å². The molecule has 1 aromatic rings. The maximum Gasteiger partial charge on any atom is 0.138 e. The molecule has 2 heteroatoms. The van der Waals surface area contributed by atoms with Crippen LogP contribution in [0.3, 0.4) is 0 Å². The maximum absolute atomic E-state index is 9.56. The molecule has 0 aliphatic heterocycles. The summed E-state index contributed by atoms with van der Waals surface area (Å²) in [5.41, 5.74) is 0.670. The van der Waals surface area contributed by atoms with E-state index in [2.05, 4.69) is 11.8 Å². The van der Waals surface area contributed by atoms with Crippen LogP contribution in [-0.2, 0) is 0 Å². The largest absolute Gasteiger partial charge is 0.506 e. The predicted molar refractivity (Wildman–Crippen MR) is 58.0 cm³/mol. The third-order valence-electron chi connectivity index (χ3n) is 1.79. The Balaban J connectivity index is 2.95. The molecule has 1 N–H and O–H groups in total. The summed E-state index contributed by atoms with van der Waals surface area (Å²) < 4.78 is 0. The molecule has 0 bridgehead atoms. The molecular weight excluding hydrogens is 174 g/mol. The van der Waals surface area contributed by atoms with Crippen molar-refractivity contribution in [2.75, 3.05) is 18.0 Å². The smallest absolute Gasteiger partial charge is 0.138 e. The van der Waals surface area contributed by atoms with Crippen LogP contribution >= 0.6 is 0 Å². The van der Waals surface area contributed by atoms with Gasteiger partial charge >= 0.3 is 0 Å². The molecule has 0 aliphatic carbocycles. The number of para-hydroxylation sites is 2. The van der Waals surface area contributed by atoms with Crippen molar-refractivity contribution < 1.29 is 5.11 Å². The summed E-state index contributed by atoms with van der Waals surface area (Å²) in [5.74, 6) is 5.19. The number of anilines is 1. The monoisotopic (exact) mass is 185 g/mol. The van der Waals surface area contributed by atoms with Crippen molar-refractivity contribution in [1.29, 1.82) is 0 Å². The molecule has 0 aliphatic rings. The first-order valence-electron chi connectivity index (χ1n) is 4.19. The number of phenolic OH excluding ortho intramolecular Hbond substituents is 1. The van der Waals surface area contributed by atoms with Crippen LogP contribution in [0, 0.1) is 24.7 Å². The van der Waals surface area contributed by atoms with Crippen molar-refractivity contribution in [3.05, 3.63) is 24.3 Å². The van der Waals surface area contributed by atoms with E-state index in [0.717, 1.165) is 0 Å². The van der Waals surface area contributed by atoms with E-state index in [1.54, 1.807) is 23.1 Å². The number of hydrogen-bond donors (Lipinski definition) is 1. The minimum atomic E-state index is 0.193. The lowest BCUT2D eigenvalue weighted by Gasteiger charge is -2.20. The maximum atomic E-state index is 9.56. The lowest BCUT2D eigenvalue weighted by Crippen LogP contribution is -2.23. The molecule has 14 heavy (non-hydrogen) atoms. The Bertz CT molecular complexity index is 368. The number of nitrogens with zero attached hydrogens (tertiary/aromatic N) is 1. The molecule has 0 amide bonds. The molecule has 0 fully saturated rings. The van der Waals surface area contributed by atoms with Gasteiger partial charge in [-0.2, -0.15) is 0 Å². The molecule has 0 atom stereocenters. The average molecular weight is 185 g/mol. The molecule has 0 saturated carbocycles. The highest BCUT2D eigenvalue weighted by atomic mass is 16.3. The number of hydrogen-bond acceptors (Lipinski definition) is 2. The molecule has 0 saturated heterocycles. The zero-order chi connectivity index (χ0) is 10.4. The van der Waals surface area contributed by atoms with E-state index >= 15 is 0 Å². The summed E-state index contributed by atoms with van der Waals surface area (Å²) in [7, 11) is 0. The second kappa shape index (κ2) is 4.84. The van der Waals surface area contributed by atoms with Crippen LogP contribution in [0.15, 0.2) is 24.3 Å². The summed E-state index contributed by atoms with van der Waals surface area (Å²) in [6, 6.07) is 6.97. The normalized spacial score (nSPS) is 8.71. The van der Waals surface area contributed by atoms with E-state index in [4.69, 9.17) is 12.8 Å². The first-order valence-corrected chi connectivity index (χ1v) is 4.19. The molecule has 0 aromatic heterocycles. The Morgan fingerprint density at radius 2 is 1.71 bits per heavy atom. The number of terminal acetylenes is 2. The van der Waals surface area contributed by atoms with E-state index in [1.165, 1.54) is 0 Å². The second-order valence-corrected chi connectivity index (χ2v) is 2.75. The standard InChI is InChI=1S/C12H11NO/c1-3-9-13(10-4-2)11-7-5-6-8-12(11)14/h1-2,5-8,14H,9-10H2. The lowest BCUT2D eigenvalue weighted by atomic mass is 10.2. The summed E-state index contributed by atoms with van der Waals surface area (Å²) in [6.07, 6.45) is 10.4. The van der Waals surface area contributed by atoms with Gasteiger partial charge in [-0.25, -0.2) is 0 Å². The van der Waals surface area contributed by atoms with E-state index in [9.17, 15) is 5.11 Å². The van der Waals surface area contributed by atoms with Crippen LogP contribution in [-0.4, -0.2) is 18.2 Å². The minimum Gasteiger partial charge on any atom is -0.506 e. The van der Waals surface area contributed by atoms with E-state index in [0.29, 0.717) is 18.8 Å². The van der Waals surface area contributed by atoms with E-state index in [-0.39, 0.29) is 5.75 Å². The summed E-state index contributed by atoms with van der Waals surface area (Å²) in [5, 5.41) is 9.56. The summed E-state index contributed by atoms with van der Waals surface area (Å²) in [4.78, 5) is 1.76. The van der Waals surface area contributed by atoms with Crippen LogP contribution in [0.5, 0.6) is 5.75 Å². The fourth-order valence-electron chi connectivity index (χ4n) is 1.18. The zero-order valence-corrected chi connectivity index (χ0v) is 7.77.